The lowest BCUT2D eigenvalue weighted by Gasteiger charge is -2.24. The summed E-state index contributed by atoms with van der Waals surface area (Å²) in [6.07, 6.45) is 6.73. The third-order valence-corrected chi connectivity index (χ3v) is 5.89. The Balaban J connectivity index is 1.79. The first-order valence-electron chi connectivity index (χ1n) is 12.3. The number of rotatable bonds is 8. The number of hydrogen-bond acceptors (Lipinski definition) is 2. The van der Waals surface area contributed by atoms with Gasteiger partial charge in [-0.15, -0.1) is 0 Å². The molecule has 2 N–H and O–H groups in total. The van der Waals surface area contributed by atoms with Gasteiger partial charge in [0.1, 0.15) is 0 Å². The second-order valence-corrected chi connectivity index (χ2v) is 12.0. The predicted octanol–water partition coefficient (Wildman–Crippen LogP) is 6.27. The summed E-state index contributed by atoms with van der Waals surface area (Å²) < 4.78 is 0. The van der Waals surface area contributed by atoms with E-state index in [1.807, 2.05) is 50.3 Å². The van der Waals surface area contributed by atoms with Crippen molar-refractivity contribution in [2.24, 2.45) is 5.41 Å². The molecule has 35 heavy (non-hydrogen) atoms. The highest BCUT2D eigenvalue weighted by Gasteiger charge is 2.19. The first-order valence-corrected chi connectivity index (χ1v) is 12.3. The van der Waals surface area contributed by atoms with Gasteiger partial charge >= 0.3 is 0 Å². The van der Waals surface area contributed by atoms with Gasteiger partial charge in [-0.3, -0.25) is 9.59 Å². The molecule has 0 saturated carbocycles. The van der Waals surface area contributed by atoms with E-state index in [0.29, 0.717) is 13.1 Å². The molecule has 0 aliphatic heterocycles. The maximum atomic E-state index is 12.3. The van der Waals surface area contributed by atoms with Crippen molar-refractivity contribution in [3.8, 4) is 0 Å². The van der Waals surface area contributed by atoms with Crippen molar-refractivity contribution in [1.29, 1.82) is 0 Å². The van der Waals surface area contributed by atoms with E-state index >= 15 is 0 Å². The molecule has 0 aliphatic rings. The van der Waals surface area contributed by atoms with E-state index in [9.17, 15) is 9.59 Å². The number of carbonyl (C=O) groups is 2. The summed E-state index contributed by atoms with van der Waals surface area (Å²) in [5, 5.41) is 5.87. The molecule has 0 heterocycles. The van der Waals surface area contributed by atoms with Crippen LogP contribution in [0.4, 0.5) is 0 Å². The molecule has 2 amide bonds. The van der Waals surface area contributed by atoms with Crippen LogP contribution in [-0.2, 0) is 20.4 Å². The zero-order valence-corrected chi connectivity index (χ0v) is 22.7. The smallest absolute Gasteiger partial charge is 0.244 e. The van der Waals surface area contributed by atoms with Crippen molar-refractivity contribution < 1.29 is 9.59 Å². The molecule has 2 rings (SSSR count). The molecule has 2 aromatic rings. The Morgan fingerprint density at radius 2 is 0.914 bits per heavy atom. The zero-order valence-electron chi connectivity index (χ0n) is 22.7. The van der Waals surface area contributed by atoms with Gasteiger partial charge in [0.2, 0.25) is 11.8 Å². The first kappa shape index (κ1) is 28.1. The SMILES string of the molecule is CC(C)(CNC(=O)/C=C/c1ccc(C(C)(C)C)cc1)CNC(=O)/C=C/c1ccc(C(C)(C)C)cc1. The molecule has 0 atom stereocenters. The summed E-state index contributed by atoms with van der Waals surface area (Å²) in [6.45, 7) is 18.0. The fourth-order valence-electron chi connectivity index (χ4n) is 3.37. The molecular weight excluding hydrogens is 432 g/mol. The monoisotopic (exact) mass is 474 g/mol. The number of hydrogen-bond donors (Lipinski definition) is 2. The maximum Gasteiger partial charge on any atom is 0.244 e. The summed E-state index contributed by atoms with van der Waals surface area (Å²) in [7, 11) is 0. The summed E-state index contributed by atoms with van der Waals surface area (Å²) >= 11 is 0. The van der Waals surface area contributed by atoms with Gasteiger partial charge in [0.05, 0.1) is 0 Å². The Bertz CT molecular complexity index is 960. The molecule has 2 aromatic carbocycles. The van der Waals surface area contributed by atoms with Crippen LogP contribution in [0.1, 0.15) is 77.6 Å². The van der Waals surface area contributed by atoms with Gasteiger partial charge in [-0.25, -0.2) is 0 Å². The lowest BCUT2D eigenvalue weighted by atomic mass is 9.87. The molecule has 0 unspecified atom stereocenters. The van der Waals surface area contributed by atoms with Crippen molar-refractivity contribution in [3.63, 3.8) is 0 Å². The average Bonchev–Trinajstić information content (AvgIpc) is 2.78. The van der Waals surface area contributed by atoms with Gasteiger partial charge in [-0.05, 0) is 50.7 Å². The molecule has 188 valence electrons. The first-order chi connectivity index (χ1) is 16.2. The predicted molar refractivity (Wildman–Crippen MR) is 148 cm³/mol. The summed E-state index contributed by atoms with van der Waals surface area (Å²) in [5.74, 6) is -0.300. The van der Waals surface area contributed by atoms with Crippen LogP contribution in [0.2, 0.25) is 0 Å². The third-order valence-electron chi connectivity index (χ3n) is 5.89. The summed E-state index contributed by atoms with van der Waals surface area (Å²) in [6, 6.07) is 16.5. The van der Waals surface area contributed by atoms with Crippen LogP contribution in [0.15, 0.2) is 60.7 Å². The zero-order chi connectivity index (χ0) is 26.3. The van der Waals surface area contributed by atoms with Gasteiger partial charge in [0.15, 0.2) is 0 Å². The Morgan fingerprint density at radius 3 is 1.20 bits per heavy atom. The standard InChI is InChI=1S/C31H42N2O2/c1-29(2,3)25-15-9-23(10-16-25)13-19-27(34)32-21-31(7,8)22-33-28(35)20-14-24-11-17-26(18-12-24)30(4,5)6/h9-20H,21-22H2,1-8H3,(H,32,34)(H,33,35)/b19-13+,20-14+. The van der Waals surface area contributed by atoms with Crippen molar-refractivity contribution in [2.75, 3.05) is 13.1 Å². The molecule has 0 bridgehead atoms. The quantitative estimate of drug-likeness (QED) is 0.443. The van der Waals surface area contributed by atoms with Crippen molar-refractivity contribution in [3.05, 3.63) is 82.9 Å². The van der Waals surface area contributed by atoms with Crippen LogP contribution in [0.3, 0.4) is 0 Å². The van der Waals surface area contributed by atoms with E-state index < -0.39 is 0 Å². The summed E-state index contributed by atoms with van der Waals surface area (Å²) in [5.41, 5.74) is 4.42. The van der Waals surface area contributed by atoms with E-state index in [-0.39, 0.29) is 28.1 Å². The maximum absolute atomic E-state index is 12.3. The van der Waals surface area contributed by atoms with Crippen LogP contribution >= 0.6 is 0 Å². The minimum atomic E-state index is -0.282. The van der Waals surface area contributed by atoms with Crippen molar-refractivity contribution >= 4 is 24.0 Å². The van der Waals surface area contributed by atoms with Crippen LogP contribution in [0.5, 0.6) is 0 Å². The molecule has 0 spiro atoms. The topological polar surface area (TPSA) is 58.2 Å². The number of benzene rings is 2. The third kappa shape index (κ3) is 9.94. The summed E-state index contributed by atoms with van der Waals surface area (Å²) in [4.78, 5) is 24.6. The minimum Gasteiger partial charge on any atom is -0.352 e. The number of carbonyl (C=O) groups excluding carboxylic acids is 2. The fourth-order valence-corrected chi connectivity index (χ4v) is 3.37. The van der Waals surface area contributed by atoms with Crippen LogP contribution in [-0.4, -0.2) is 24.9 Å². The van der Waals surface area contributed by atoms with E-state index in [4.69, 9.17) is 0 Å². The molecular formula is C31H42N2O2. The molecule has 0 saturated heterocycles. The normalized spacial score (nSPS) is 12.8. The molecule has 0 aromatic heterocycles. The number of amides is 2. The second kappa shape index (κ2) is 11.5. The lowest BCUT2D eigenvalue weighted by molar-refractivity contribution is -0.116. The minimum absolute atomic E-state index is 0.105. The van der Waals surface area contributed by atoms with Crippen LogP contribution in [0.25, 0.3) is 12.2 Å². The van der Waals surface area contributed by atoms with Gasteiger partial charge in [-0.2, -0.15) is 0 Å². The molecule has 4 heteroatoms. The second-order valence-electron chi connectivity index (χ2n) is 12.0. The van der Waals surface area contributed by atoms with E-state index in [0.717, 1.165) is 11.1 Å². The van der Waals surface area contributed by atoms with Crippen LogP contribution in [0, 0.1) is 5.41 Å². The van der Waals surface area contributed by atoms with Gasteiger partial charge in [0.25, 0.3) is 0 Å². The lowest BCUT2D eigenvalue weighted by Crippen LogP contribution is -2.41. The van der Waals surface area contributed by atoms with E-state index in [2.05, 4.69) is 76.4 Å². The molecule has 0 fully saturated rings. The highest BCUT2D eigenvalue weighted by atomic mass is 16.2. The molecule has 0 radical (unpaired) electrons. The Morgan fingerprint density at radius 1 is 0.600 bits per heavy atom. The van der Waals surface area contributed by atoms with Crippen molar-refractivity contribution in [2.45, 2.75) is 66.2 Å². The van der Waals surface area contributed by atoms with Gasteiger partial charge in [-0.1, -0.05) is 104 Å². The van der Waals surface area contributed by atoms with Gasteiger partial charge < -0.3 is 10.6 Å². The Hall–Kier alpha value is -3.14. The largest absolute Gasteiger partial charge is 0.352 e. The Kier molecular flexibility index (Phi) is 9.25. The molecule has 0 aliphatic carbocycles. The van der Waals surface area contributed by atoms with Gasteiger partial charge in [0, 0.05) is 25.2 Å². The van der Waals surface area contributed by atoms with E-state index in [1.165, 1.54) is 11.1 Å². The highest BCUT2D eigenvalue weighted by Crippen LogP contribution is 2.23. The fraction of sp³-hybridized carbons (Fsp3) is 0.419. The average molecular weight is 475 g/mol. The van der Waals surface area contributed by atoms with Crippen molar-refractivity contribution in [1.82, 2.24) is 10.6 Å². The number of nitrogens with one attached hydrogen (secondary N) is 2. The highest BCUT2D eigenvalue weighted by molar-refractivity contribution is 5.92. The van der Waals surface area contributed by atoms with E-state index in [1.54, 1.807) is 12.2 Å². The Labute approximate surface area is 211 Å². The van der Waals surface area contributed by atoms with Crippen LogP contribution < -0.4 is 10.6 Å². The molecule has 4 nitrogen and oxygen atoms in total.